The van der Waals surface area contributed by atoms with Gasteiger partial charge in [0.1, 0.15) is 17.6 Å². The van der Waals surface area contributed by atoms with E-state index >= 15 is 0 Å². The summed E-state index contributed by atoms with van der Waals surface area (Å²) in [5.74, 6) is 0.900. The first kappa shape index (κ1) is 35.6. The monoisotopic (exact) mass is 695 g/mol. The van der Waals surface area contributed by atoms with Crippen molar-refractivity contribution in [3.8, 4) is 5.75 Å². The molecule has 5 rings (SSSR count). The topological polar surface area (TPSA) is 98.2 Å². The van der Waals surface area contributed by atoms with Crippen LogP contribution in [0.1, 0.15) is 55.1 Å². The number of piperazine rings is 1. The van der Waals surface area contributed by atoms with Crippen molar-refractivity contribution in [1.29, 1.82) is 0 Å². The number of amides is 3. The lowest BCUT2D eigenvalue weighted by atomic mass is 9.85. The third-order valence-electron chi connectivity index (χ3n) is 9.02. The number of aliphatic hydroxyl groups is 1. The van der Waals surface area contributed by atoms with Crippen molar-refractivity contribution in [2.75, 3.05) is 60.1 Å². The minimum Gasteiger partial charge on any atom is -0.493 e. The number of halogens is 2. The number of carbonyl (C=O) groups excluding carboxylic acids is 2. The maximum atomic E-state index is 14.8. The van der Waals surface area contributed by atoms with Gasteiger partial charge in [0.05, 0.1) is 38.5 Å². The maximum absolute atomic E-state index is 14.8. The summed E-state index contributed by atoms with van der Waals surface area (Å²) in [7, 11) is 3.04. The van der Waals surface area contributed by atoms with E-state index in [0.717, 1.165) is 16.7 Å². The fourth-order valence-corrected chi connectivity index (χ4v) is 6.24. The molecule has 1 N–H and O–H groups in total. The van der Waals surface area contributed by atoms with Gasteiger partial charge in [-0.15, -0.1) is 0 Å². The number of carbonyl (C=O) groups is 2. The zero-order valence-electron chi connectivity index (χ0n) is 28.0. The summed E-state index contributed by atoms with van der Waals surface area (Å²) in [5, 5.41) is 12.5. The molecule has 0 radical (unpaired) electrons. The Kier molecular flexibility index (Phi) is 11.3. The lowest BCUT2D eigenvalue weighted by molar-refractivity contribution is -0.170. The Hall–Kier alpha value is -3.67. The van der Waals surface area contributed by atoms with Crippen LogP contribution in [0.25, 0.3) is 0 Å². The highest BCUT2D eigenvalue weighted by molar-refractivity contribution is 6.30. The Morgan fingerprint density at radius 2 is 1.56 bits per heavy atom. The zero-order chi connectivity index (χ0) is 34.6. The fourth-order valence-electron chi connectivity index (χ4n) is 5.99. The second-order valence-electron chi connectivity index (χ2n) is 12.6. The van der Waals surface area contributed by atoms with Gasteiger partial charge in [0.15, 0.2) is 0 Å². The predicted octanol–water partition coefficient (Wildman–Crippen LogP) is 5.96. The Balaban J connectivity index is 1.59. The number of aliphatic imine (C=N–C) groups is 1. The van der Waals surface area contributed by atoms with Gasteiger partial charge in [0.2, 0.25) is 0 Å². The van der Waals surface area contributed by atoms with Gasteiger partial charge < -0.3 is 14.7 Å². The molecule has 3 aromatic carbocycles. The second kappa shape index (κ2) is 15.3. The van der Waals surface area contributed by atoms with Crippen molar-refractivity contribution in [2.24, 2.45) is 4.99 Å². The van der Waals surface area contributed by atoms with Gasteiger partial charge in [0, 0.05) is 48.7 Å². The van der Waals surface area contributed by atoms with Crippen LogP contribution >= 0.6 is 23.2 Å². The Morgan fingerprint density at radius 1 is 0.958 bits per heavy atom. The lowest BCUT2D eigenvalue weighted by Gasteiger charge is -2.39. The van der Waals surface area contributed by atoms with Gasteiger partial charge in [-0.2, -0.15) is 0 Å². The zero-order valence-corrected chi connectivity index (χ0v) is 29.5. The number of hydroxylamine groups is 2. The van der Waals surface area contributed by atoms with E-state index in [4.69, 9.17) is 37.8 Å². The fraction of sp³-hybridized carbons (Fsp3) is 0.417. The van der Waals surface area contributed by atoms with E-state index in [1.165, 1.54) is 12.2 Å². The molecule has 2 atom stereocenters. The summed E-state index contributed by atoms with van der Waals surface area (Å²) in [6.45, 7) is 8.30. The maximum Gasteiger partial charge on any atom is 0.326 e. The van der Waals surface area contributed by atoms with Crippen LogP contribution in [-0.2, 0) is 15.0 Å². The minimum atomic E-state index is -0.510. The number of amidine groups is 1. The average Bonchev–Trinajstić information content (AvgIpc) is 3.49. The van der Waals surface area contributed by atoms with Gasteiger partial charge >= 0.3 is 6.03 Å². The van der Waals surface area contributed by atoms with Crippen LogP contribution in [0.5, 0.6) is 5.75 Å². The van der Waals surface area contributed by atoms with Crippen molar-refractivity contribution in [2.45, 2.75) is 38.3 Å². The summed E-state index contributed by atoms with van der Waals surface area (Å²) < 4.78 is 6.19. The van der Waals surface area contributed by atoms with Crippen LogP contribution < -0.4 is 4.74 Å². The molecule has 2 aliphatic heterocycles. The Morgan fingerprint density at radius 3 is 2.12 bits per heavy atom. The van der Waals surface area contributed by atoms with Crippen LogP contribution in [-0.4, -0.2) is 103 Å². The van der Waals surface area contributed by atoms with E-state index in [0.29, 0.717) is 60.0 Å². The molecule has 256 valence electrons. The highest BCUT2D eigenvalue weighted by Gasteiger charge is 2.45. The minimum absolute atomic E-state index is 0.0416. The number of urea groups is 1. The normalized spacial score (nSPS) is 18.5. The van der Waals surface area contributed by atoms with Crippen LogP contribution in [0.2, 0.25) is 10.0 Å². The smallest absolute Gasteiger partial charge is 0.326 e. The molecule has 3 amide bonds. The van der Waals surface area contributed by atoms with E-state index in [9.17, 15) is 14.7 Å². The summed E-state index contributed by atoms with van der Waals surface area (Å²) in [6, 6.07) is 19.7. The summed E-state index contributed by atoms with van der Waals surface area (Å²) >= 11 is 12.6. The highest BCUT2D eigenvalue weighted by atomic mass is 35.5. The van der Waals surface area contributed by atoms with Crippen LogP contribution in [0.4, 0.5) is 4.79 Å². The first-order valence-electron chi connectivity index (χ1n) is 16.1. The van der Waals surface area contributed by atoms with E-state index in [-0.39, 0.29) is 25.1 Å². The van der Waals surface area contributed by atoms with Crippen molar-refractivity contribution in [3.63, 3.8) is 0 Å². The van der Waals surface area contributed by atoms with Crippen LogP contribution in [0, 0.1) is 0 Å². The van der Waals surface area contributed by atoms with Gasteiger partial charge in [-0.05, 0) is 60.0 Å². The van der Waals surface area contributed by atoms with Crippen LogP contribution in [0.15, 0.2) is 71.7 Å². The first-order chi connectivity index (χ1) is 23.0. The first-order valence-corrected chi connectivity index (χ1v) is 16.8. The number of hydrogen-bond donors (Lipinski definition) is 1. The summed E-state index contributed by atoms with van der Waals surface area (Å²) in [5.41, 5.74) is 2.84. The molecule has 1 fully saturated rings. The van der Waals surface area contributed by atoms with Crippen molar-refractivity contribution in [1.82, 2.24) is 19.8 Å². The molecule has 0 bridgehead atoms. The number of ether oxygens (including phenoxy) is 1. The van der Waals surface area contributed by atoms with Gasteiger partial charge in [-0.25, -0.2) is 9.86 Å². The molecule has 48 heavy (non-hydrogen) atoms. The molecule has 0 aromatic heterocycles. The van der Waals surface area contributed by atoms with Gasteiger partial charge in [0.25, 0.3) is 5.91 Å². The number of rotatable bonds is 10. The number of aliphatic hydroxyl groups excluding tert-OH is 1. The Bertz CT molecular complexity index is 1620. The molecule has 0 unspecified atom stereocenters. The van der Waals surface area contributed by atoms with E-state index < -0.39 is 17.5 Å². The second-order valence-corrected chi connectivity index (χ2v) is 13.5. The highest BCUT2D eigenvalue weighted by Crippen LogP contribution is 2.46. The lowest BCUT2D eigenvalue weighted by Crippen LogP contribution is -2.55. The van der Waals surface area contributed by atoms with E-state index in [2.05, 4.69) is 0 Å². The number of hydrogen-bond acceptors (Lipinski definition) is 7. The molecule has 3 aromatic rings. The van der Waals surface area contributed by atoms with Gasteiger partial charge in [-0.3, -0.25) is 24.4 Å². The number of benzene rings is 3. The molecular formula is C36H43Cl2N5O5. The van der Waals surface area contributed by atoms with Crippen LogP contribution in [0.3, 0.4) is 0 Å². The summed E-state index contributed by atoms with van der Waals surface area (Å²) in [6.07, 6.45) is 0. The molecule has 0 aliphatic carbocycles. The molecule has 12 heteroatoms. The standard InChI is InChI=1S/C36H43Cl2N5O5/c1-6-48-30-21-26(36(2,3)23-44)11-16-29(30)34-39-32(24-7-12-27(37)13-8-24)33(25-9-14-28(38)15-10-25)43(34)35(46)42-19-17-41(18-20-42)22-31(45)40(4)47-5/h7-16,21,32-33,44H,6,17-20,22-23H2,1-5H3/t32-,33+/m0/s1. The molecule has 1 saturated heterocycles. The molecular weight excluding hydrogens is 653 g/mol. The van der Waals surface area contributed by atoms with E-state index in [1.54, 1.807) is 11.9 Å². The average molecular weight is 697 g/mol. The molecule has 2 aliphatic rings. The van der Waals surface area contributed by atoms with E-state index in [1.807, 2.05) is 97.3 Å². The molecule has 0 saturated carbocycles. The molecule has 10 nitrogen and oxygen atoms in total. The van der Waals surface area contributed by atoms with Crippen molar-refractivity contribution >= 4 is 41.0 Å². The molecule has 2 heterocycles. The largest absolute Gasteiger partial charge is 0.493 e. The third kappa shape index (κ3) is 7.63. The van der Waals surface area contributed by atoms with Gasteiger partial charge in [-0.1, -0.05) is 67.4 Å². The number of likely N-dealkylation sites (N-methyl/N-ethyl adjacent to an activating group) is 1. The van der Waals surface area contributed by atoms with Crippen molar-refractivity contribution in [3.05, 3.63) is 99.0 Å². The molecule has 0 spiro atoms. The Labute approximate surface area is 292 Å². The number of nitrogens with zero attached hydrogens (tertiary/aromatic N) is 5. The predicted molar refractivity (Wildman–Crippen MR) is 188 cm³/mol. The SMILES string of the molecule is CCOc1cc(C(C)(C)CO)ccc1C1=N[C@@H](c2ccc(Cl)cc2)[C@@H](c2ccc(Cl)cc2)N1C(=O)N1CCN(CC(=O)N(C)OC)CC1. The van der Waals surface area contributed by atoms with Crippen molar-refractivity contribution < 1.29 is 24.3 Å². The quantitative estimate of drug-likeness (QED) is 0.263. The third-order valence-corrected chi connectivity index (χ3v) is 9.53. The summed E-state index contributed by atoms with van der Waals surface area (Å²) in [4.78, 5) is 43.2.